The lowest BCUT2D eigenvalue weighted by molar-refractivity contribution is -0.152. The molecule has 0 aliphatic carbocycles. The average Bonchev–Trinajstić information content (AvgIpc) is 3.08. The number of carboxylic acid groups (broad SMARTS) is 1. The molecule has 2 amide bonds. The van der Waals surface area contributed by atoms with Crippen LogP contribution in [0.25, 0.3) is 0 Å². The number of rotatable bonds is 5. The molecule has 2 rings (SSSR count). The van der Waals surface area contributed by atoms with Crippen LogP contribution in [0.5, 0.6) is 0 Å². The average molecular weight is 343 g/mol. The molecule has 138 valence electrons. The minimum atomic E-state index is -0.503. The Hall–Kier alpha value is -1.67. The fourth-order valence-corrected chi connectivity index (χ4v) is 2.93. The van der Waals surface area contributed by atoms with Gasteiger partial charge < -0.3 is 24.5 Å². The number of carbonyl (C=O) groups excluding carboxylic acids is 2. The molecule has 8 heteroatoms. The van der Waals surface area contributed by atoms with E-state index >= 15 is 0 Å². The summed E-state index contributed by atoms with van der Waals surface area (Å²) in [5.74, 6) is 0.0821. The Morgan fingerprint density at radius 1 is 1.25 bits per heavy atom. The van der Waals surface area contributed by atoms with Gasteiger partial charge in [-0.3, -0.25) is 14.4 Å². The van der Waals surface area contributed by atoms with E-state index in [4.69, 9.17) is 14.6 Å². The second kappa shape index (κ2) is 11.0. The third-order valence-electron chi connectivity index (χ3n) is 4.20. The van der Waals surface area contributed by atoms with Gasteiger partial charge in [-0.05, 0) is 38.9 Å². The van der Waals surface area contributed by atoms with E-state index in [-0.39, 0.29) is 18.3 Å². The number of nitrogens with zero attached hydrogens (tertiary/aromatic N) is 3. The van der Waals surface area contributed by atoms with Crippen LogP contribution in [0.1, 0.15) is 25.7 Å². The SMILES string of the molecule is CN(C)C(=O)C1CN(C(=O)CCCN2CCCC2)CCO1.O=CO. The minimum Gasteiger partial charge on any atom is -0.483 e. The quantitative estimate of drug-likeness (QED) is 0.700. The largest absolute Gasteiger partial charge is 0.483 e. The second-order valence-corrected chi connectivity index (χ2v) is 6.19. The van der Waals surface area contributed by atoms with Gasteiger partial charge in [0.05, 0.1) is 13.2 Å². The number of carbonyl (C=O) groups is 3. The summed E-state index contributed by atoms with van der Waals surface area (Å²) < 4.78 is 5.47. The monoisotopic (exact) mass is 343 g/mol. The first-order valence-corrected chi connectivity index (χ1v) is 8.40. The first kappa shape index (κ1) is 20.4. The van der Waals surface area contributed by atoms with E-state index in [1.807, 2.05) is 0 Å². The normalized spacial score (nSPS) is 20.9. The number of ether oxygens (including phenoxy) is 1. The summed E-state index contributed by atoms with van der Waals surface area (Å²) in [6, 6.07) is 0. The van der Waals surface area contributed by atoms with Gasteiger partial charge in [0.2, 0.25) is 5.91 Å². The van der Waals surface area contributed by atoms with Gasteiger partial charge in [-0.2, -0.15) is 0 Å². The zero-order valence-corrected chi connectivity index (χ0v) is 14.6. The van der Waals surface area contributed by atoms with Crippen molar-refractivity contribution in [2.24, 2.45) is 0 Å². The van der Waals surface area contributed by atoms with Crippen molar-refractivity contribution in [1.29, 1.82) is 0 Å². The molecule has 0 aromatic carbocycles. The van der Waals surface area contributed by atoms with Crippen LogP contribution in [0.2, 0.25) is 0 Å². The van der Waals surface area contributed by atoms with Crippen molar-refractivity contribution < 1.29 is 24.2 Å². The summed E-state index contributed by atoms with van der Waals surface area (Å²) in [5, 5.41) is 6.89. The highest BCUT2D eigenvalue weighted by molar-refractivity contribution is 5.82. The second-order valence-electron chi connectivity index (χ2n) is 6.19. The van der Waals surface area contributed by atoms with E-state index < -0.39 is 6.10 Å². The Bertz CT molecular complexity index is 411. The maximum Gasteiger partial charge on any atom is 0.290 e. The Morgan fingerprint density at radius 3 is 2.46 bits per heavy atom. The highest BCUT2D eigenvalue weighted by Crippen LogP contribution is 2.12. The van der Waals surface area contributed by atoms with E-state index in [0.717, 1.165) is 13.0 Å². The number of likely N-dealkylation sites (tertiary alicyclic amines) is 1. The maximum absolute atomic E-state index is 12.2. The van der Waals surface area contributed by atoms with Gasteiger partial charge in [0.15, 0.2) is 6.10 Å². The lowest BCUT2D eigenvalue weighted by Gasteiger charge is -2.33. The van der Waals surface area contributed by atoms with E-state index in [1.54, 1.807) is 19.0 Å². The molecule has 2 aliphatic heterocycles. The number of hydrogen-bond acceptors (Lipinski definition) is 5. The van der Waals surface area contributed by atoms with Gasteiger partial charge in [0.25, 0.3) is 12.4 Å². The van der Waals surface area contributed by atoms with E-state index in [2.05, 4.69) is 4.90 Å². The van der Waals surface area contributed by atoms with Crippen molar-refractivity contribution in [3.63, 3.8) is 0 Å². The molecule has 2 heterocycles. The van der Waals surface area contributed by atoms with Crippen molar-refractivity contribution in [2.75, 3.05) is 53.4 Å². The predicted molar refractivity (Wildman–Crippen MR) is 88.6 cm³/mol. The zero-order valence-electron chi connectivity index (χ0n) is 14.6. The number of likely N-dealkylation sites (N-methyl/N-ethyl adjacent to an activating group) is 1. The lowest BCUT2D eigenvalue weighted by atomic mass is 10.2. The molecular formula is C16H29N3O5. The smallest absolute Gasteiger partial charge is 0.290 e. The molecule has 0 saturated carbocycles. The molecule has 1 unspecified atom stereocenters. The van der Waals surface area contributed by atoms with E-state index in [0.29, 0.717) is 26.1 Å². The summed E-state index contributed by atoms with van der Waals surface area (Å²) in [7, 11) is 3.42. The van der Waals surface area contributed by atoms with Gasteiger partial charge in [0, 0.05) is 27.1 Å². The molecule has 0 radical (unpaired) electrons. The third-order valence-corrected chi connectivity index (χ3v) is 4.20. The molecule has 0 aromatic heterocycles. The zero-order chi connectivity index (χ0) is 17.9. The van der Waals surface area contributed by atoms with Crippen molar-refractivity contribution in [3.8, 4) is 0 Å². The molecule has 1 N–H and O–H groups in total. The van der Waals surface area contributed by atoms with Crippen LogP contribution in [-0.2, 0) is 19.1 Å². The Morgan fingerprint density at radius 2 is 1.88 bits per heavy atom. The summed E-state index contributed by atoms with van der Waals surface area (Å²) in [4.78, 5) is 38.2. The third kappa shape index (κ3) is 6.84. The van der Waals surface area contributed by atoms with Gasteiger partial charge in [-0.25, -0.2) is 0 Å². The summed E-state index contributed by atoms with van der Waals surface area (Å²) in [5.41, 5.74) is 0. The predicted octanol–water partition coefficient (Wildman–Crippen LogP) is -0.121. The number of amides is 2. The first-order valence-electron chi connectivity index (χ1n) is 8.40. The number of hydrogen-bond donors (Lipinski definition) is 1. The van der Waals surface area contributed by atoms with Crippen LogP contribution in [0.3, 0.4) is 0 Å². The fourth-order valence-electron chi connectivity index (χ4n) is 2.93. The summed E-state index contributed by atoms with van der Waals surface area (Å²) >= 11 is 0. The van der Waals surface area contributed by atoms with Crippen LogP contribution < -0.4 is 0 Å². The summed E-state index contributed by atoms with van der Waals surface area (Å²) in [6.07, 6.45) is 3.54. The standard InChI is InChI=1S/C15H27N3O3.CH2O2/c1-16(2)15(20)13-12-18(10-11-21-13)14(19)6-5-9-17-7-3-4-8-17;2-1-3/h13H,3-12H2,1-2H3;1H,(H,2,3). The minimum absolute atomic E-state index is 0.0652. The van der Waals surface area contributed by atoms with Crippen LogP contribution in [0.15, 0.2) is 0 Å². The topological polar surface area (TPSA) is 90.4 Å². The molecule has 1 atom stereocenters. The van der Waals surface area contributed by atoms with Crippen molar-refractivity contribution in [1.82, 2.24) is 14.7 Å². The highest BCUT2D eigenvalue weighted by atomic mass is 16.5. The van der Waals surface area contributed by atoms with Gasteiger partial charge in [-0.1, -0.05) is 0 Å². The molecule has 24 heavy (non-hydrogen) atoms. The van der Waals surface area contributed by atoms with Crippen LogP contribution in [0.4, 0.5) is 0 Å². The van der Waals surface area contributed by atoms with Crippen LogP contribution in [-0.4, -0.2) is 97.6 Å². The molecular weight excluding hydrogens is 314 g/mol. The van der Waals surface area contributed by atoms with Gasteiger partial charge in [-0.15, -0.1) is 0 Å². The molecule has 8 nitrogen and oxygen atoms in total. The molecule has 2 saturated heterocycles. The van der Waals surface area contributed by atoms with Gasteiger partial charge in [0.1, 0.15) is 0 Å². The van der Waals surface area contributed by atoms with E-state index in [9.17, 15) is 9.59 Å². The first-order chi connectivity index (χ1) is 11.5. The fraction of sp³-hybridized carbons (Fsp3) is 0.812. The molecule has 0 spiro atoms. The van der Waals surface area contributed by atoms with Gasteiger partial charge >= 0.3 is 0 Å². The Kier molecular flexibility index (Phi) is 9.33. The highest BCUT2D eigenvalue weighted by Gasteiger charge is 2.29. The van der Waals surface area contributed by atoms with Crippen LogP contribution in [0, 0.1) is 0 Å². The Balaban J connectivity index is 0.000000891. The summed E-state index contributed by atoms with van der Waals surface area (Å²) in [6.45, 7) is 4.54. The maximum atomic E-state index is 12.2. The van der Waals surface area contributed by atoms with Crippen molar-refractivity contribution >= 4 is 18.3 Å². The van der Waals surface area contributed by atoms with E-state index in [1.165, 1.54) is 30.8 Å². The van der Waals surface area contributed by atoms with Crippen molar-refractivity contribution in [3.05, 3.63) is 0 Å². The molecule has 0 aromatic rings. The molecule has 2 fully saturated rings. The molecule has 2 aliphatic rings. The van der Waals surface area contributed by atoms with Crippen LogP contribution >= 0.6 is 0 Å². The Labute approximate surface area is 143 Å². The number of morpholine rings is 1. The lowest BCUT2D eigenvalue weighted by Crippen LogP contribution is -2.51. The van der Waals surface area contributed by atoms with Crippen molar-refractivity contribution in [2.45, 2.75) is 31.8 Å². The molecule has 0 bridgehead atoms.